The molecule has 0 saturated carbocycles. The van der Waals surface area contributed by atoms with Gasteiger partial charge in [0.25, 0.3) is 0 Å². The lowest BCUT2D eigenvalue weighted by Gasteiger charge is -2.13. The van der Waals surface area contributed by atoms with Crippen LogP contribution in [0.3, 0.4) is 0 Å². The van der Waals surface area contributed by atoms with E-state index in [2.05, 4.69) is 25.4 Å². The highest BCUT2D eigenvalue weighted by molar-refractivity contribution is 9.10. The number of phenolic OH excluding ortho intramolecular Hbond substituents is 2. The lowest BCUT2D eigenvalue weighted by atomic mass is 9.93. The maximum Gasteiger partial charge on any atom is 0.342 e. The minimum absolute atomic E-state index is 0.0963. The largest absolute Gasteiger partial charge is 0.507 e. The number of carbonyl (C=O) groups excluding carboxylic acids is 3. The van der Waals surface area contributed by atoms with E-state index in [9.17, 15) is 24.6 Å². The second kappa shape index (κ2) is 7.35. The molecule has 130 valence electrons. The third-order valence-electron chi connectivity index (χ3n) is 3.41. The fourth-order valence-corrected chi connectivity index (χ4v) is 2.60. The van der Waals surface area contributed by atoms with E-state index in [1.54, 1.807) is 0 Å². The monoisotopic (exact) mass is 408 g/mol. The Morgan fingerprint density at radius 3 is 2.00 bits per heavy atom. The molecule has 0 aliphatic rings. The SMILES string of the molecule is COC(=O)c1c(O)ccc(C(=O)c2cc(Br)ccc2O)c1C(=O)OC. The van der Waals surface area contributed by atoms with Gasteiger partial charge in [0.15, 0.2) is 5.78 Å². The number of methoxy groups -OCH3 is 2. The fourth-order valence-electron chi connectivity index (χ4n) is 2.24. The first-order valence-electron chi connectivity index (χ1n) is 6.87. The van der Waals surface area contributed by atoms with Crippen molar-refractivity contribution in [2.75, 3.05) is 14.2 Å². The van der Waals surface area contributed by atoms with Gasteiger partial charge in [-0.25, -0.2) is 9.59 Å². The summed E-state index contributed by atoms with van der Waals surface area (Å²) in [6, 6.07) is 6.45. The summed E-state index contributed by atoms with van der Waals surface area (Å²) in [6.45, 7) is 0. The molecule has 0 aromatic heterocycles. The maximum atomic E-state index is 12.8. The summed E-state index contributed by atoms with van der Waals surface area (Å²) < 4.78 is 9.71. The minimum Gasteiger partial charge on any atom is -0.507 e. The van der Waals surface area contributed by atoms with Crippen LogP contribution < -0.4 is 0 Å². The van der Waals surface area contributed by atoms with Crippen LogP contribution >= 0.6 is 15.9 Å². The summed E-state index contributed by atoms with van der Waals surface area (Å²) >= 11 is 3.19. The third kappa shape index (κ3) is 3.48. The van der Waals surface area contributed by atoms with Gasteiger partial charge in [-0.1, -0.05) is 15.9 Å². The van der Waals surface area contributed by atoms with E-state index in [-0.39, 0.29) is 16.9 Å². The van der Waals surface area contributed by atoms with Gasteiger partial charge in [-0.3, -0.25) is 4.79 Å². The highest BCUT2D eigenvalue weighted by Gasteiger charge is 2.30. The van der Waals surface area contributed by atoms with Crippen molar-refractivity contribution in [3.8, 4) is 11.5 Å². The summed E-state index contributed by atoms with van der Waals surface area (Å²) in [5.41, 5.74) is -1.26. The number of rotatable bonds is 4. The Bertz CT molecular complexity index is 874. The molecule has 0 spiro atoms. The summed E-state index contributed by atoms with van der Waals surface area (Å²) in [6.07, 6.45) is 0. The molecular formula is C17H13BrO7. The molecule has 2 aromatic rings. The Hall–Kier alpha value is -2.87. The zero-order chi connectivity index (χ0) is 18.7. The van der Waals surface area contributed by atoms with Gasteiger partial charge in [0.2, 0.25) is 0 Å². The first-order chi connectivity index (χ1) is 11.8. The molecule has 0 bridgehead atoms. The van der Waals surface area contributed by atoms with Crippen molar-refractivity contribution in [2.45, 2.75) is 0 Å². The molecule has 8 heteroatoms. The van der Waals surface area contributed by atoms with E-state index in [1.807, 2.05) is 0 Å². The molecular weight excluding hydrogens is 396 g/mol. The molecule has 0 aliphatic carbocycles. The summed E-state index contributed by atoms with van der Waals surface area (Å²) in [5, 5.41) is 19.9. The topological polar surface area (TPSA) is 110 Å². The number of benzene rings is 2. The van der Waals surface area contributed by atoms with Gasteiger partial charge in [0.05, 0.1) is 25.3 Å². The molecule has 0 radical (unpaired) electrons. The Labute approximate surface area is 150 Å². The molecule has 7 nitrogen and oxygen atoms in total. The number of hydrogen-bond acceptors (Lipinski definition) is 7. The van der Waals surface area contributed by atoms with Crippen LogP contribution in [0, 0.1) is 0 Å². The van der Waals surface area contributed by atoms with Crippen LogP contribution in [0.1, 0.15) is 36.6 Å². The number of phenols is 2. The molecule has 0 amide bonds. The number of carbonyl (C=O) groups is 3. The van der Waals surface area contributed by atoms with Crippen LogP contribution in [0.15, 0.2) is 34.8 Å². The molecule has 0 unspecified atom stereocenters. The quantitative estimate of drug-likeness (QED) is 0.590. The lowest BCUT2D eigenvalue weighted by Crippen LogP contribution is -2.18. The molecule has 2 N–H and O–H groups in total. The van der Waals surface area contributed by atoms with Crippen LogP contribution in [0.4, 0.5) is 0 Å². The normalized spacial score (nSPS) is 10.2. The average Bonchev–Trinajstić information content (AvgIpc) is 2.61. The second-order valence-corrected chi connectivity index (χ2v) is 5.77. The molecule has 25 heavy (non-hydrogen) atoms. The number of ether oxygens (including phenoxy) is 2. The number of ketones is 1. The number of halogens is 1. The van der Waals surface area contributed by atoms with E-state index < -0.39 is 34.6 Å². The first-order valence-corrected chi connectivity index (χ1v) is 7.67. The van der Waals surface area contributed by atoms with Crippen LogP contribution in [0.25, 0.3) is 0 Å². The average molecular weight is 409 g/mol. The van der Waals surface area contributed by atoms with Gasteiger partial charge in [-0.2, -0.15) is 0 Å². The van der Waals surface area contributed by atoms with E-state index in [0.29, 0.717) is 4.47 Å². The second-order valence-electron chi connectivity index (χ2n) is 4.86. The third-order valence-corrected chi connectivity index (χ3v) is 3.90. The van der Waals surface area contributed by atoms with Crippen LogP contribution in [0.5, 0.6) is 11.5 Å². The zero-order valence-corrected chi connectivity index (χ0v) is 14.8. The van der Waals surface area contributed by atoms with Crippen molar-refractivity contribution in [3.05, 3.63) is 57.1 Å². The molecule has 0 fully saturated rings. The zero-order valence-electron chi connectivity index (χ0n) is 13.2. The highest BCUT2D eigenvalue weighted by atomic mass is 79.9. The summed E-state index contributed by atoms with van der Waals surface area (Å²) in [7, 11) is 2.13. The molecule has 0 atom stereocenters. The van der Waals surface area contributed by atoms with Crippen molar-refractivity contribution >= 4 is 33.7 Å². The Balaban J connectivity index is 2.77. The highest BCUT2D eigenvalue weighted by Crippen LogP contribution is 2.31. The molecule has 0 aliphatic heterocycles. The summed E-state index contributed by atoms with van der Waals surface area (Å²) in [5.74, 6) is -3.59. The van der Waals surface area contributed by atoms with E-state index >= 15 is 0 Å². The fraction of sp³-hybridized carbons (Fsp3) is 0.118. The van der Waals surface area contributed by atoms with Crippen molar-refractivity contribution in [3.63, 3.8) is 0 Å². The van der Waals surface area contributed by atoms with E-state index in [4.69, 9.17) is 0 Å². The first kappa shape index (κ1) is 18.5. The van der Waals surface area contributed by atoms with Gasteiger partial charge in [0, 0.05) is 10.0 Å². The van der Waals surface area contributed by atoms with Crippen molar-refractivity contribution < 1.29 is 34.1 Å². The number of esters is 2. The summed E-state index contributed by atoms with van der Waals surface area (Å²) in [4.78, 5) is 36.9. The lowest BCUT2D eigenvalue weighted by molar-refractivity contribution is 0.0550. The Morgan fingerprint density at radius 2 is 1.40 bits per heavy atom. The number of hydrogen-bond donors (Lipinski definition) is 2. The van der Waals surface area contributed by atoms with Gasteiger partial charge in [-0.15, -0.1) is 0 Å². The predicted molar refractivity (Wildman–Crippen MR) is 90.0 cm³/mol. The van der Waals surface area contributed by atoms with Crippen molar-refractivity contribution in [2.24, 2.45) is 0 Å². The molecule has 2 rings (SSSR count). The van der Waals surface area contributed by atoms with Gasteiger partial charge in [-0.05, 0) is 30.3 Å². The van der Waals surface area contributed by atoms with Gasteiger partial charge < -0.3 is 19.7 Å². The Kier molecular flexibility index (Phi) is 5.43. The smallest absolute Gasteiger partial charge is 0.342 e. The Morgan fingerprint density at radius 1 is 0.840 bits per heavy atom. The molecule has 2 aromatic carbocycles. The molecule has 0 heterocycles. The van der Waals surface area contributed by atoms with E-state index in [1.165, 1.54) is 18.2 Å². The molecule has 0 saturated heterocycles. The van der Waals surface area contributed by atoms with Crippen molar-refractivity contribution in [1.29, 1.82) is 0 Å². The predicted octanol–water partition coefficient (Wildman–Crippen LogP) is 2.66. The van der Waals surface area contributed by atoms with Gasteiger partial charge in [0.1, 0.15) is 17.1 Å². The van der Waals surface area contributed by atoms with Crippen LogP contribution in [0.2, 0.25) is 0 Å². The maximum absolute atomic E-state index is 12.8. The van der Waals surface area contributed by atoms with Crippen molar-refractivity contribution in [1.82, 2.24) is 0 Å². The number of aromatic hydroxyl groups is 2. The minimum atomic E-state index is -1.01. The standard InChI is InChI=1S/C17H13BrO7/c1-24-16(22)13-9(4-6-12(20)14(13)17(23)25-2)15(21)10-7-8(18)3-5-11(10)19/h3-7,19-20H,1-2H3. The van der Waals surface area contributed by atoms with Crippen LogP contribution in [-0.2, 0) is 9.47 Å². The van der Waals surface area contributed by atoms with E-state index in [0.717, 1.165) is 26.4 Å². The van der Waals surface area contributed by atoms with Gasteiger partial charge >= 0.3 is 11.9 Å². The van der Waals surface area contributed by atoms with Crippen LogP contribution in [-0.4, -0.2) is 42.2 Å².